The normalized spacial score (nSPS) is 11.9. The second kappa shape index (κ2) is 7.43. The number of esters is 1. The van der Waals surface area contributed by atoms with Crippen molar-refractivity contribution in [1.29, 1.82) is 0 Å². The topological polar surface area (TPSA) is 91.4 Å². The molecule has 0 spiro atoms. The van der Waals surface area contributed by atoms with Crippen molar-refractivity contribution in [3.63, 3.8) is 0 Å². The number of hydrogen-bond donors (Lipinski definition) is 3. The van der Waals surface area contributed by atoms with Crippen LogP contribution in [0.1, 0.15) is 40.3 Å². The Morgan fingerprint density at radius 1 is 1.32 bits per heavy atom. The molecule has 1 atom stereocenters. The standard InChI is InChI=1S/C17H18F2N2O4/c1-8-15(10(3)22)9(2)20-16(8)17(24)25-7-14(23)21-13-5-4-11(18)6-12(13)19/h4-6,10,20,22H,7H2,1-3H3,(H,21,23)/t10-/m1/s1. The van der Waals surface area contributed by atoms with Gasteiger partial charge in [0.2, 0.25) is 0 Å². The van der Waals surface area contributed by atoms with E-state index in [0.717, 1.165) is 12.1 Å². The molecule has 1 heterocycles. The molecular formula is C17H18F2N2O4. The molecule has 6 nitrogen and oxygen atoms in total. The van der Waals surface area contributed by atoms with Gasteiger partial charge >= 0.3 is 5.97 Å². The Balaban J connectivity index is 2.00. The van der Waals surface area contributed by atoms with Gasteiger partial charge in [0.25, 0.3) is 5.91 Å². The van der Waals surface area contributed by atoms with Crippen molar-refractivity contribution in [2.75, 3.05) is 11.9 Å². The van der Waals surface area contributed by atoms with Crippen LogP contribution in [0, 0.1) is 25.5 Å². The largest absolute Gasteiger partial charge is 0.451 e. The highest BCUT2D eigenvalue weighted by molar-refractivity contribution is 5.95. The second-order valence-electron chi connectivity index (χ2n) is 5.59. The zero-order valence-corrected chi connectivity index (χ0v) is 13.9. The molecule has 0 aliphatic heterocycles. The maximum absolute atomic E-state index is 13.5. The lowest BCUT2D eigenvalue weighted by Gasteiger charge is -2.08. The third-order valence-corrected chi connectivity index (χ3v) is 3.66. The van der Waals surface area contributed by atoms with Crippen molar-refractivity contribution in [1.82, 2.24) is 4.98 Å². The number of carbonyl (C=O) groups excluding carboxylic acids is 2. The average molecular weight is 352 g/mol. The van der Waals surface area contributed by atoms with Crippen LogP contribution in [0.5, 0.6) is 0 Å². The van der Waals surface area contributed by atoms with Gasteiger partial charge in [-0.3, -0.25) is 4.79 Å². The monoisotopic (exact) mass is 352 g/mol. The van der Waals surface area contributed by atoms with Gasteiger partial charge in [-0.25, -0.2) is 13.6 Å². The molecule has 2 aromatic rings. The molecule has 0 aliphatic rings. The summed E-state index contributed by atoms with van der Waals surface area (Å²) in [6.07, 6.45) is -0.762. The van der Waals surface area contributed by atoms with Gasteiger partial charge in [-0.2, -0.15) is 0 Å². The first-order valence-corrected chi connectivity index (χ1v) is 7.49. The Kier molecular flexibility index (Phi) is 5.53. The summed E-state index contributed by atoms with van der Waals surface area (Å²) in [6.45, 7) is 4.28. The van der Waals surface area contributed by atoms with Gasteiger partial charge in [-0.1, -0.05) is 0 Å². The highest BCUT2D eigenvalue weighted by Crippen LogP contribution is 2.24. The fraction of sp³-hybridized carbons (Fsp3) is 0.294. The molecular weight excluding hydrogens is 334 g/mol. The molecule has 0 unspecified atom stereocenters. The van der Waals surface area contributed by atoms with E-state index in [4.69, 9.17) is 4.74 Å². The Labute approximate surface area is 142 Å². The van der Waals surface area contributed by atoms with Crippen LogP contribution >= 0.6 is 0 Å². The molecule has 0 fully saturated rings. The molecule has 0 aliphatic carbocycles. The number of aliphatic hydroxyl groups excluding tert-OH is 1. The minimum absolute atomic E-state index is 0.133. The fourth-order valence-electron chi connectivity index (χ4n) is 2.58. The highest BCUT2D eigenvalue weighted by atomic mass is 19.1. The van der Waals surface area contributed by atoms with Crippen molar-refractivity contribution < 1.29 is 28.2 Å². The van der Waals surface area contributed by atoms with Crippen LogP contribution in [0.2, 0.25) is 0 Å². The predicted molar refractivity (Wildman–Crippen MR) is 86.2 cm³/mol. The number of benzene rings is 1. The molecule has 0 radical (unpaired) electrons. The van der Waals surface area contributed by atoms with Gasteiger partial charge in [0.15, 0.2) is 6.61 Å². The number of amides is 1. The van der Waals surface area contributed by atoms with E-state index in [9.17, 15) is 23.5 Å². The van der Waals surface area contributed by atoms with Crippen molar-refractivity contribution >= 4 is 17.6 Å². The molecule has 2 rings (SSSR count). The molecule has 1 aromatic heterocycles. The molecule has 8 heteroatoms. The number of anilines is 1. The predicted octanol–water partition coefficient (Wildman–Crippen LogP) is 2.76. The summed E-state index contributed by atoms with van der Waals surface area (Å²) in [5.74, 6) is -3.25. The molecule has 134 valence electrons. The Hall–Kier alpha value is -2.74. The highest BCUT2D eigenvalue weighted by Gasteiger charge is 2.21. The van der Waals surface area contributed by atoms with E-state index < -0.39 is 36.2 Å². The number of H-pyrrole nitrogens is 1. The smallest absolute Gasteiger partial charge is 0.355 e. The summed E-state index contributed by atoms with van der Waals surface area (Å²) in [5.41, 5.74) is 1.66. The van der Waals surface area contributed by atoms with E-state index in [0.29, 0.717) is 22.9 Å². The maximum Gasteiger partial charge on any atom is 0.355 e. The van der Waals surface area contributed by atoms with Gasteiger partial charge in [-0.05, 0) is 38.5 Å². The molecule has 3 N–H and O–H groups in total. The summed E-state index contributed by atoms with van der Waals surface area (Å²) < 4.78 is 31.2. The van der Waals surface area contributed by atoms with Crippen molar-refractivity contribution in [2.45, 2.75) is 26.9 Å². The van der Waals surface area contributed by atoms with Gasteiger partial charge < -0.3 is 20.1 Å². The summed E-state index contributed by atoms with van der Waals surface area (Å²) in [4.78, 5) is 26.6. The molecule has 0 saturated heterocycles. The number of aromatic nitrogens is 1. The lowest BCUT2D eigenvalue weighted by Crippen LogP contribution is -2.22. The molecule has 1 aromatic carbocycles. The van der Waals surface area contributed by atoms with Crippen LogP contribution in [-0.2, 0) is 9.53 Å². The van der Waals surface area contributed by atoms with E-state index in [2.05, 4.69) is 10.3 Å². The number of aliphatic hydroxyl groups is 1. The minimum atomic E-state index is -0.933. The van der Waals surface area contributed by atoms with Crippen LogP contribution < -0.4 is 5.32 Å². The number of nitrogens with one attached hydrogen (secondary N) is 2. The van der Waals surface area contributed by atoms with E-state index in [1.165, 1.54) is 0 Å². The number of ether oxygens (including phenoxy) is 1. The lowest BCUT2D eigenvalue weighted by molar-refractivity contribution is -0.119. The van der Waals surface area contributed by atoms with E-state index in [1.54, 1.807) is 20.8 Å². The Morgan fingerprint density at radius 2 is 2.00 bits per heavy atom. The van der Waals surface area contributed by atoms with E-state index in [1.807, 2.05) is 0 Å². The number of aromatic amines is 1. The van der Waals surface area contributed by atoms with Gasteiger partial charge in [0.05, 0.1) is 11.8 Å². The van der Waals surface area contributed by atoms with Gasteiger partial charge in [0, 0.05) is 17.3 Å². The second-order valence-corrected chi connectivity index (χ2v) is 5.59. The van der Waals surface area contributed by atoms with Crippen LogP contribution in [-0.4, -0.2) is 28.6 Å². The third-order valence-electron chi connectivity index (χ3n) is 3.66. The summed E-state index contributed by atoms with van der Waals surface area (Å²) in [6, 6.07) is 2.69. The minimum Gasteiger partial charge on any atom is -0.451 e. The average Bonchev–Trinajstić information content (AvgIpc) is 2.82. The quantitative estimate of drug-likeness (QED) is 0.722. The first-order valence-electron chi connectivity index (χ1n) is 7.49. The zero-order chi connectivity index (χ0) is 18.7. The summed E-state index contributed by atoms with van der Waals surface area (Å²) in [5, 5.41) is 11.9. The molecule has 25 heavy (non-hydrogen) atoms. The van der Waals surface area contributed by atoms with Crippen LogP contribution in [0.15, 0.2) is 18.2 Å². The van der Waals surface area contributed by atoms with Crippen LogP contribution in [0.25, 0.3) is 0 Å². The van der Waals surface area contributed by atoms with E-state index >= 15 is 0 Å². The number of rotatable bonds is 5. The number of aryl methyl sites for hydroxylation is 1. The van der Waals surface area contributed by atoms with Crippen LogP contribution in [0.4, 0.5) is 14.5 Å². The first kappa shape index (κ1) is 18.6. The fourth-order valence-corrected chi connectivity index (χ4v) is 2.58. The Bertz CT molecular complexity index is 815. The molecule has 1 amide bonds. The number of hydrogen-bond acceptors (Lipinski definition) is 4. The summed E-state index contributed by atoms with van der Waals surface area (Å²) in [7, 11) is 0. The van der Waals surface area contributed by atoms with E-state index in [-0.39, 0.29) is 11.4 Å². The third kappa shape index (κ3) is 4.21. The Morgan fingerprint density at radius 3 is 2.56 bits per heavy atom. The van der Waals surface area contributed by atoms with Gasteiger partial charge in [0.1, 0.15) is 17.3 Å². The zero-order valence-electron chi connectivity index (χ0n) is 13.9. The number of carbonyl (C=O) groups is 2. The molecule has 0 saturated carbocycles. The summed E-state index contributed by atoms with van der Waals surface area (Å²) >= 11 is 0. The first-order chi connectivity index (χ1) is 11.7. The van der Waals surface area contributed by atoms with Crippen molar-refractivity contribution in [3.8, 4) is 0 Å². The van der Waals surface area contributed by atoms with Gasteiger partial charge in [-0.15, -0.1) is 0 Å². The SMILES string of the molecule is Cc1[nH]c(C(=O)OCC(=O)Nc2ccc(F)cc2F)c(C)c1[C@@H](C)O. The van der Waals surface area contributed by atoms with Crippen LogP contribution in [0.3, 0.4) is 0 Å². The van der Waals surface area contributed by atoms with Crippen molar-refractivity contribution in [2.24, 2.45) is 0 Å². The number of halogens is 2. The lowest BCUT2D eigenvalue weighted by atomic mass is 10.1. The molecule has 0 bridgehead atoms. The maximum atomic E-state index is 13.5. The van der Waals surface area contributed by atoms with Crippen molar-refractivity contribution in [3.05, 3.63) is 52.3 Å².